The van der Waals surface area contributed by atoms with Crippen molar-refractivity contribution in [1.29, 1.82) is 0 Å². The number of hydrogen-bond donors (Lipinski definition) is 4. The summed E-state index contributed by atoms with van der Waals surface area (Å²) in [6.45, 7) is -0.321. The van der Waals surface area contributed by atoms with Crippen molar-refractivity contribution in [3.8, 4) is 0 Å². The number of amides is 2. The predicted molar refractivity (Wildman–Crippen MR) is 129 cm³/mol. The van der Waals surface area contributed by atoms with Crippen molar-refractivity contribution in [2.75, 3.05) is 18.5 Å². The molecule has 0 spiro atoms. The van der Waals surface area contributed by atoms with Gasteiger partial charge < -0.3 is 26.2 Å². The molecule has 2 amide bonds. The van der Waals surface area contributed by atoms with Gasteiger partial charge in [0.1, 0.15) is 0 Å². The number of alkyl halides is 3. The Bertz CT molecular complexity index is 1210. The molecular formula is C25H26F3N5O4. The van der Waals surface area contributed by atoms with Gasteiger partial charge in [-0.3, -0.25) is 4.79 Å². The molecule has 37 heavy (non-hydrogen) atoms. The van der Waals surface area contributed by atoms with Crippen molar-refractivity contribution in [2.24, 2.45) is 5.73 Å². The number of aliphatic hydroxyl groups is 1. The first-order valence-electron chi connectivity index (χ1n) is 11.3. The molecule has 0 aliphatic carbocycles. The molecule has 0 aliphatic heterocycles. The van der Waals surface area contributed by atoms with E-state index in [0.29, 0.717) is 17.4 Å². The van der Waals surface area contributed by atoms with Gasteiger partial charge in [-0.1, -0.05) is 42.5 Å². The molecule has 9 nitrogen and oxygen atoms in total. The molecule has 1 atom stereocenters. The Hall–Kier alpha value is -4.19. The number of primary amides is 1. The molecule has 0 bridgehead atoms. The Labute approximate surface area is 210 Å². The third-order valence-corrected chi connectivity index (χ3v) is 5.51. The van der Waals surface area contributed by atoms with Crippen LogP contribution < -0.4 is 11.1 Å². The van der Waals surface area contributed by atoms with Gasteiger partial charge in [0.2, 0.25) is 11.9 Å². The molecule has 0 aliphatic rings. The number of aliphatic hydroxyl groups excluding tert-OH is 1. The van der Waals surface area contributed by atoms with Crippen LogP contribution in [0.5, 0.6) is 0 Å². The van der Waals surface area contributed by atoms with Gasteiger partial charge in [-0.15, -0.1) is 0 Å². The average Bonchev–Trinajstić information content (AvgIpc) is 2.84. The highest BCUT2D eigenvalue weighted by Gasteiger charge is 2.37. The molecule has 3 rings (SSSR count). The van der Waals surface area contributed by atoms with Crippen molar-refractivity contribution in [2.45, 2.75) is 31.5 Å². The number of anilines is 2. The second-order valence-electron chi connectivity index (χ2n) is 8.30. The van der Waals surface area contributed by atoms with Crippen LogP contribution in [-0.2, 0) is 23.9 Å². The summed E-state index contributed by atoms with van der Waals surface area (Å²) in [4.78, 5) is 32.0. The molecule has 1 heterocycles. The smallest absolute Gasteiger partial charge is 0.419 e. The van der Waals surface area contributed by atoms with E-state index < -0.39 is 29.7 Å². The summed E-state index contributed by atoms with van der Waals surface area (Å²) >= 11 is 0. The van der Waals surface area contributed by atoms with E-state index in [1.165, 1.54) is 0 Å². The highest BCUT2D eigenvalue weighted by molar-refractivity contribution is 5.75. The number of nitrogens with two attached hydrogens (primary N) is 1. The minimum absolute atomic E-state index is 0.0470. The number of benzene rings is 2. The molecule has 2 aromatic carbocycles. The quantitative estimate of drug-likeness (QED) is 0.302. The Morgan fingerprint density at radius 3 is 2.30 bits per heavy atom. The third kappa shape index (κ3) is 7.90. The molecule has 1 aromatic heterocycles. The second kappa shape index (κ2) is 12.2. The molecule has 5 N–H and O–H groups in total. The zero-order valence-corrected chi connectivity index (χ0v) is 19.7. The van der Waals surface area contributed by atoms with Crippen LogP contribution in [0.2, 0.25) is 0 Å². The summed E-state index contributed by atoms with van der Waals surface area (Å²) in [7, 11) is 0. The maximum absolute atomic E-state index is 13.8. The Balaban J connectivity index is 1.88. The maximum atomic E-state index is 13.8. The Morgan fingerprint density at radius 2 is 1.73 bits per heavy atom. The van der Waals surface area contributed by atoms with Crippen LogP contribution in [0.25, 0.3) is 0 Å². The normalized spacial score (nSPS) is 12.1. The molecule has 1 unspecified atom stereocenters. The number of carbonyl (C=O) groups is 2. The molecular weight excluding hydrogens is 491 g/mol. The van der Waals surface area contributed by atoms with Crippen molar-refractivity contribution in [3.05, 3.63) is 83.2 Å². The van der Waals surface area contributed by atoms with E-state index in [1.54, 1.807) is 54.6 Å². The first-order chi connectivity index (χ1) is 17.6. The van der Waals surface area contributed by atoms with Crippen LogP contribution in [0.15, 0.2) is 60.8 Å². The Kier molecular flexibility index (Phi) is 9.01. The number of carbonyl (C=O) groups excluding carboxylic acids is 1. The first-order valence-corrected chi connectivity index (χ1v) is 11.3. The number of halogens is 3. The van der Waals surface area contributed by atoms with Gasteiger partial charge in [0.15, 0.2) is 0 Å². The van der Waals surface area contributed by atoms with Gasteiger partial charge in [0.05, 0.1) is 17.9 Å². The lowest BCUT2D eigenvalue weighted by Crippen LogP contribution is -2.31. The molecule has 3 aromatic rings. The summed E-state index contributed by atoms with van der Waals surface area (Å²) in [5, 5.41) is 21.0. The van der Waals surface area contributed by atoms with Crippen molar-refractivity contribution < 1.29 is 33.0 Å². The zero-order chi connectivity index (χ0) is 27.0. The number of rotatable bonds is 11. The van der Waals surface area contributed by atoms with E-state index in [-0.39, 0.29) is 44.2 Å². The van der Waals surface area contributed by atoms with Gasteiger partial charge >= 0.3 is 12.3 Å². The molecule has 196 valence electrons. The minimum Gasteiger partial charge on any atom is -0.465 e. The van der Waals surface area contributed by atoms with E-state index in [0.717, 1.165) is 10.5 Å². The fourth-order valence-electron chi connectivity index (χ4n) is 3.80. The van der Waals surface area contributed by atoms with E-state index in [2.05, 4.69) is 15.3 Å². The van der Waals surface area contributed by atoms with E-state index >= 15 is 0 Å². The molecule has 0 saturated heterocycles. The highest BCUT2D eigenvalue weighted by Crippen LogP contribution is 2.37. The van der Waals surface area contributed by atoms with Gasteiger partial charge in [-0.25, -0.2) is 14.8 Å². The van der Waals surface area contributed by atoms with Gasteiger partial charge in [0.25, 0.3) is 0 Å². The maximum Gasteiger partial charge on any atom is 0.419 e. The van der Waals surface area contributed by atoms with Crippen LogP contribution in [0.1, 0.15) is 34.7 Å². The summed E-state index contributed by atoms with van der Waals surface area (Å²) in [6.07, 6.45) is -5.46. The SMILES string of the molecule is NC(=O)CC(Cc1ccccc1)c1nc(Nc2ccc(CN(CCO)C(=O)O)cc2)ncc1C(F)(F)F. The number of nitrogens with one attached hydrogen (secondary N) is 1. The summed E-state index contributed by atoms with van der Waals surface area (Å²) < 4.78 is 41.5. The van der Waals surface area contributed by atoms with Crippen LogP contribution >= 0.6 is 0 Å². The minimum atomic E-state index is -4.74. The summed E-state index contributed by atoms with van der Waals surface area (Å²) in [5.41, 5.74) is 5.78. The largest absolute Gasteiger partial charge is 0.465 e. The average molecular weight is 518 g/mol. The number of aromatic nitrogens is 2. The fourth-order valence-corrected chi connectivity index (χ4v) is 3.80. The lowest BCUT2D eigenvalue weighted by molar-refractivity contribution is -0.139. The van der Waals surface area contributed by atoms with Crippen LogP contribution in [-0.4, -0.2) is 50.2 Å². The predicted octanol–water partition coefficient (Wildman–Crippen LogP) is 3.91. The highest BCUT2D eigenvalue weighted by atomic mass is 19.4. The lowest BCUT2D eigenvalue weighted by atomic mass is 9.90. The lowest BCUT2D eigenvalue weighted by Gasteiger charge is -2.21. The van der Waals surface area contributed by atoms with E-state index in [1.807, 2.05) is 0 Å². The number of nitrogens with zero attached hydrogens (tertiary/aromatic N) is 3. The number of hydrogen-bond acceptors (Lipinski definition) is 6. The van der Waals surface area contributed by atoms with Gasteiger partial charge in [-0.05, 0) is 29.7 Å². The van der Waals surface area contributed by atoms with Crippen molar-refractivity contribution in [3.63, 3.8) is 0 Å². The standard InChI is InChI=1S/C25H26F3N5O4/c26-25(27,28)20-14-30-23(31-19-8-6-17(7-9-19)15-33(10-11-34)24(36)37)32-22(20)18(13-21(29)35)12-16-4-2-1-3-5-16/h1-9,14,18,34H,10-13,15H2,(H2,29,35)(H,36,37)(H,30,31,32). The third-order valence-electron chi connectivity index (χ3n) is 5.51. The monoisotopic (exact) mass is 517 g/mol. The molecule has 12 heteroatoms. The molecule has 0 fully saturated rings. The fraction of sp³-hybridized carbons (Fsp3) is 0.280. The first kappa shape index (κ1) is 27.4. The van der Waals surface area contributed by atoms with Gasteiger partial charge in [-0.2, -0.15) is 13.2 Å². The zero-order valence-electron chi connectivity index (χ0n) is 19.7. The van der Waals surface area contributed by atoms with Crippen molar-refractivity contribution in [1.82, 2.24) is 14.9 Å². The topological polar surface area (TPSA) is 142 Å². The van der Waals surface area contributed by atoms with Crippen LogP contribution in [0.3, 0.4) is 0 Å². The van der Waals surface area contributed by atoms with E-state index in [4.69, 9.17) is 10.8 Å². The summed E-state index contributed by atoms with van der Waals surface area (Å²) in [5.74, 6) is -1.80. The summed E-state index contributed by atoms with van der Waals surface area (Å²) in [6, 6.07) is 15.2. The van der Waals surface area contributed by atoms with Crippen LogP contribution in [0.4, 0.5) is 29.6 Å². The molecule has 0 saturated carbocycles. The Morgan fingerprint density at radius 1 is 1.05 bits per heavy atom. The number of carboxylic acid groups (broad SMARTS) is 1. The van der Waals surface area contributed by atoms with E-state index in [9.17, 15) is 27.9 Å². The van der Waals surface area contributed by atoms with Crippen LogP contribution in [0, 0.1) is 0 Å². The van der Waals surface area contributed by atoms with Gasteiger partial charge in [0, 0.05) is 37.3 Å². The molecule has 0 radical (unpaired) electrons. The second-order valence-corrected chi connectivity index (χ2v) is 8.30. The van der Waals surface area contributed by atoms with Crippen molar-refractivity contribution >= 4 is 23.6 Å².